The van der Waals surface area contributed by atoms with Gasteiger partial charge in [0.2, 0.25) is 0 Å². The lowest BCUT2D eigenvalue weighted by atomic mass is 10.1. The number of aromatic carboxylic acids is 1. The quantitative estimate of drug-likeness (QED) is 0.624. The molecular formula is C12H15NO4. The van der Waals surface area contributed by atoms with Crippen LogP contribution in [0.1, 0.15) is 36.7 Å². The van der Waals surface area contributed by atoms with Crippen molar-refractivity contribution in [3.05, 3.63) is 29.3 Å². The average Bonchev–Trinajstić information content (AvgIpc) is 2.14. The maximum atomic E-state index is 10.9. The predicted octanol–water partition coefficient (Wildman–Crippen LogP) is 2.24. The van der Waals surface area contributed by atoms with Crippen LogP contribution in [-0.4, -0.2) is 28.0 Å². The number of carboxylic acid groups (broad SMARTS) is 1. The van der Waals surface area contributed by atoms with Crippen molar-refractivity contribution < 1.29 is 19.8 Å². The topological polar surface area (TPSA) is 79.1 Å². The Labute approximate surface area is 99.3 Å². The maximum Gasteiger partial charge on any atom is 0.340 e. The van der Waals surface area contributed by atoms with E-state index in [1.54, 1.807) is 12.1 Å². The van der Waals surface area contributed by atoms with Gasteiger partial charge in [-0.05, 0) is 26.8 Å². The molecule has 0 atom stereocenters. The molecule has 0 aromatic heterocycles. The van der Waals surface area contributed by atoms with Gasteiger partial charge < -0.3 is 15.1 Å². The summed E-state index contributed by atoms with van der Waals surface area (Å²) < 4.78 is 0. The van der Waals surface area contributed by atoms with Crippen molar-refractivity contribution in [2.75, 3.05) is 0 Å². The van der Waals surface area contributed by atoms with Crippen LogP contribution >= 0.6 is 0 Å². The fraction of sp³-hybridized carbons (Fsp3) is 0.333. The van der Waals surface area contributed by atoms with Crippen LogP contribution in [0.3, 0.4) is 0 Å². The summed E-state index contributed by atoms with van der Waals surface area (Å²) in [4.78, 5) is 16.0. The molecule has 0 amide bonds. The van der Waals surface area contributed by atoms with E-state index in [1.165, 1.54) is 12.3 Å². The standard InChI is InChI=1S/C12H15NO4/c1-12(2,3)17-13-7-8-5-4-6-9(14)10(8)11(15)16/h4-7,14H,1-3H3,(H,15,16). The minimum Gasteiger partial charge on any atom is -0.507 e. The van der Waals surface area contributed by atoms with Gasteiger partial charge in [0.15, 0.2) is 0 Å². The van der Waals surface area contributed by atoms with Gasteiger partial charge in [0.25, 0.3) is 0 Å². The molecule has 0 heterocycles. The van der Waals surface area contributed by atoms with E-state index >= 15 is 0 Å². The summed E-state index contributed by atoms with van der Waals surface area (Å²) in [5, 5.41) is 22.1. The van der Waals surface area contributed by atoms with Gasteiger partial charge in [-0.15, -0.1) is 0 Å². The van der Waals surface area contributed by atoms with Gasteiger partial charge in [0, 0.05) is 5.56 Å². The fourth-order valence-electron chi connectivity index (χ4n) is 1.14. The molecule has 0 radical (unpaired) electrons. The van der Waals surface area contributed by atoms with Gasteiger partial charge in [-0.1, -0.05) is 17.3 Å². The molecule has 0 fully saturated rings. The van der Waals surface area contributed by atoms with Gasteiger partial charge in [-0.3, -0.25) is 0 Å². The summed E-state index contributed by atoms with van der Waals surface area (Å²) in [6.45, 7) is 5.47. The van der Waals surface area contributed by atoms with E-state index in [1.807, 2.05) is 20.8 Å². The van der Waals surface area contributed by atoms with Gasteiger partial charge in [0.1, 0.15) is 16.9 Å². The Hall–Kier alpha value is -2.04. The SMILES string of the molecule is CC(C)(C)ON=Cc1cccc(O)c1C(=O)O. The second kappa shape index (κ2) is 4.86. The summed E-state index contributed by atoms with van der Waals surface area (Å²) in [5.74, 6) is -1.50. The first-order valence-electron chi connectivity index (χ1n) is 5.08. The van der Waals surface area contributed by atoms with E-state index in [-0.39, 0.29) is 11.3 Å². The highest BCUT2D eigenvalue weighted by atomic mass is 16.6. The Bertz CT molecular complexity index is 446. The number of hydrogen-bond donors (Lipinski definition) is 2. The Morgan fingerprint density at radius 3 is 2.59 bits per heavy atom. The monoisotopic (exact) mass is 237 g/mol. The molecule has 0 saturated heterocycles. The summed E-state index contributed by atoms with van der Waals surface area (Å²) in [6.07, 6.45) is 1.27. The average molecular weight is 237 g/mol. The molecule has 17 heavy (non-hydrogen) atoms. The minimum atomic E-state index is -1.21. The molecule has 0 unspecified atom stereocenters. The first-order chi connectivity index (χ1) is 7.81. The molecule has 5 heteroatoms. The van der Waals surface area contributed by atoms with Crippen LogP contribution in [0, 0.1) is 0 Å². The zero-order valence-corrected chi connectivity index (χ0v) is 9.97. The van der Waals surface area contributed by atoms with Crippen molar-refractivity contribution in [1.82, 2.24) is 0 Å². The van der Waals surface area contributed by atoms with Crippen molar-refractivity contribution in [2.24, 2.45) is 5.16 Å². The Morgan fingerprint density at radius 1 is 1.41 bits per heavy atom. The number of aromatic hydroxyl groups is 1. The summed E-state index contributed by atoms with van der Waals surface area (Å²) >= 11 is 0. The first kappa shape index (κ1) is 13.0. The van der Waals surface area contributed by atoms with E-state index in [0.29, 0.717) is 5.56 Å². The van der Waals surface area contributed by atoms with Crippen LogP contribution in [-0.2, 0) is 4.84 Å². The van der Waals surface area contributed by atoms with Crippen molar-refractivity contribution >= 4 is 12.2 Å². The van der Waals surface area contributed by atoms with Gasteiger partial charge in [-0.25, -0.2) is 4.79 Å². The zero-order chi connectivity index (χ0) is 13.1. The second-order valence-corrected chi connectivity index (χ2v) is 4.48. The van der Waals surface area contributed by atoms with Gasteiger partial charge in [0.05, 0.1) is 6.21 Å². The third-order valence-electron chi connectivity index (χ3n) is 1.81. The zero-order valence-electron chi connectivity index (χ0n) is 9.97. The van der Waals surface area contributed by atoms with Crippen LogP contribution in [0.25, 0.3) is 0 Å². The van der Waals surface area contributed by atoms with Gasteiger partial charge in [-0.2, -0.15) is 0 Å². The smallest absolute Gasteiger partial charge is 0.340 e. The van der Waals surface area contributed by atoms with E-state index < -0.39 is 11.6 Å². The fourth-order valence-corrected chi connectivity index (χ4v) is 1.14. The highest BCUT2D eigenvalue weighted by Gasteiger charge is 2.14. The first-order valence-corrected chi connectivity index (χ1v) is 5.08. The molecule has 0 bridgehead atoms. The molecule has 0 aliphatic rings. The van der Waals surface area contributed by atoms with Crippen molar-refractivity contribution in [3.63, 3.8) is 0 Å². The molecule has 1 aromatic carbocycles. The van der Waals surface area contributed by atoms with Crippen molar-refractivity contribution in [1.29, 1.82) is 0 Å². The Kier molecular flexibility index (Phi) is 3.73. The molecule has 0 spiro atoms. The molecule has 0 aliphatic carbocycles. The lowest BCUT2D eigenvalue weighted by molar-refractivity contribution is 0.00199. The molecular weight excluding hydrogens is 222 g/mol. The largest absolute Gasteiger partial charge is 0.507 e. The third-order valence-corrected chi connectivity index (χ3v) is 1.81. The Balaban J connectivity index is 2.99. The van der Waals surface area contributed by atoms with E-state index in [2.05, 4.69) is 5.16 Å². The highest BCUT2D eigenvalue weighted by Crippen LogP contribution is 2.19. The lowest BCUT2D eigenvalue weighted by Gasteiger charge is -2.14. The minimum absolute atomic E-state index is 0.186. The number of carboxylic acids is 1. The number of nitrogens with zero attached hydrogens (tertiary/aromatic N) is 1. The van der Waals surface area contributed by atoms with E-state index in [9.17, 15) is 9.90 Å². The number of hydrogen-bond acceptors (Lipinski definition) is 4. The molecule has 1 aromatic rings. The number of benzene rings is 1. The Morgan fingerprint density at radius 2 is 2.06 bits per heavy atom. The molecule has 0 saturated carbocycles. The van der Waals surface area contributed by atoms with Crippen molar-refractivity contribution in [3.8, 4) is 5.75 Å². The lowest BCUT2D eigenvalue weighted by Crippen LogP contribution is -2.15. The summed E-state index contributed by atoms with van der Waals surface area (Å²) in [7, 11) is 0. The summed E-state index contributed by atoms with van der Waals surface area (Å²) in [5.41, 5.74) is -0.341. The van der Waals surface area contributed by atoms with Crippen molar-refractivity contribution in [2.45, 2.75) is 26.4 Å². The van der Waals surface area contributed by atoms with E-state index in [4.69, 9.17) is 9.94 Å². The van der Waals surface area contributed by atoms with Crippen LogP contribution in [0.5, 0.6) is 5.75 Å². The maximum absolute atomic E-state index is 10.9. The number of oxime groups is 1. The molecule has 2 N–H and O–H groups in total. The normalized spacial score (nSPS) is 11.7. The third kappa shape index (κ3) is 3.79. The van der Waals surface area contributed by atoms with Crippen LogP contribution in [0.2, 0.25) is 0 Å². The second-order valence-electron chi connectivity index (χ2n) is 4.48. The number of rotatable bonds is 3. The number of carbonyl (C=O) groups is 1. The van der Waals surface area contributed by atoms with E-state index in [0.717, 1.165) is 0 Å². The van der Waals surface area contributed by atoms with Crippen LogP contribution in [0.4, 0.5) is 0 Å². The number of phenols is 1. The molecule has 92 valence electrons. The highest BCUT2D eigenvalue weighted by molar-refractivity contribution is 6.00. The molecule has 5 nitrogen and oxygen atoms in total. The molecule has 0 aliphatic heterocycles. The predicted molar refractivity (Wildman–Crippen MR) is 63.5 cm³/mol. The molecule has 1 rings (SSSR count). The van der Waals surface area contributed by atoms with Crippen LogP contribution in [0.15, 0.2) is 23.4 Å². The van der Waals surface area contributed by atoms with Crippen LogP contribution < -0.4 is 0 Å². The van der Waals surface area contributed by atoms with Gasteiger partial charge >= 0.3 is 5.97 Å². The summed E-state index contributed by atoms with van der Waals surface area (Å²) in [6, 6.07) is 4.39.